The highest BCUT2D eigenvalue weighted by molar-refractivity contribution is 6.31. The van der Waals surface area contributed by atoms with E-state index in [0.29, 0.717) is 10.8 Å². The van der Waals surface area contributed by atoms with Crippen molar-refractivity contribution in [2.24, 2.45) is 7.05 Å². The lowest BCUT2D eigenvalue weighted by Crippen LogP contribution is -2.04. The fourth-order valence-corrected chi connectivity index (χ4v) is 1.92. The Morgan fingerprint density at radius 2 is 2.26 bits per heavy atom. The molecule has 0 radical (unpaired) electrons. The van der Waals surface area contributed by atoms with Gasteiger partial charge in [-0.15, -0.1) is 0 Å². The van der Waals surface area contributed by atoms with Crippen molar-refractivity contribution in [2.45, 2.75) is 13.5 Å². The van der Waals surface area contributed by atoms with Crippen LogP contribution in [-0.4, -0.2) is 20.9 Å². The van der Waals surface area contributed by atoms with Gasteiger partial charge in [0.25, 0.3) is 0 Å². The van der Waals surface area contributed by atoms with Gasteiger partial charge in [0.2, 0.25) is 0 Å². The molecule has 1 N–H and O–H groups in total. The van der Waals surface area contributed by atoms with Crippen molar-refractivity contribution in [1.29, 1.82) is 0 Å². The maximum atomic E-state index is 10.8. The van der Waals surface area contributed by atoms with E-state index < -0.39 is 5.97 Å². The molecule has 2 aromatic rings. The van der Waals surface area contributed by atoms with Crippen LogP contribution >= 0.6 is 11.6 Å². The number of hydrogen-bond acceptors (Lipinski definition) is 3. The van der Waals surface area contributed by atoms with Crippen molar-refractivity contribution in [1.82, 2.24) is 9.78 Å². The summed E-state index contributed by atoms with van der Waals surface area (Å²) < 4.78 is 7.20. The van der Waals surface area contributed by atoms with Crippen LogP contribution in [0.1, 0.15) is 21.7 Å². The molecule has 0 aliphatic rings. The number of ether oxygens (including phenoxy) is 1. The standard InChI is InChI=1S/C13H13ClN2O3/c1-8-12(14)11(16(2)15-8)7-19-10-5-3-4-9(6-10)13(17)18/h3-6H,7H2,1-2H3,(H,17,18). The normalized spacial score (nSPS) is 10.5. The Bertz CT molecular complexity index is 622. The number of nitrogens with zero attached hydrogens (tertiary/aromatic N) is 2. The van der Waals surface area contributed by atoms with Crippen LogP contribution in [0.25, 0.3) is 0 Å². The van der Waals surface area contributed by atoms with Crippen LogP contribution in [0, 0.1) is 6.92 Å². The molecule has 0 saturated carbocycles. The summed E-state index contributed by atoms with van der Waals surface area (Å²) in [5.74, 6) is -0.505. The third-order valence-corrected chi connectivity index (χ3v) is 3.21. The molecule has 1 aromatic heterocycles. The second-order valence-corrected chi connectivity index (χ2v) is 4.47. The molecule has 1 aromatic carbocycles. The number of carboxylic acid groups (broad SMARTS) is 1. The van der Waals surface area contributed by atoms with E-state index >= 15 is 0 Å². The first kappa shape index (κ1) is 13.4. The minimum Gasteiger partial charge on any atom is -0.487 e. The van der Waals surface area contributed by atoms with E-state index in [2.05, 4.69) is 5.10 Å². The molecule has 19 heavy (non-hydrogen) atoms. The molecule has 0 bridgehead atoms. The van der Waals surface area contributed by atoms with Crippen LogP contribution in [0.15, 0.2) is 24.3 Å². The number of aromatic carboxylic acids is 1. The fourth-order valence-electron chi connectivity index (χ4n) is 1.71. The Morgan fingerprint density at radius 3 is 2.84 bits per heavy atom. The zero-order valence-corrected chi connectivity index (χ0v) is 11.3. The van der Waals surface area contributed by atoms with Gasteiger partial charge in [0.1, 0.15) is 12.4 Å². The summed E-state index contributed by atoms with van der Waals surface area (Å²) in [6.07, 6.45) is 0. The van der Waals surface area contributed by atoms with Gasteiger partial charge >= 0.3 is 5.97 Å². The molecular weight excluding hydrogens is 268 g/mol. The first-order chi connectivity index (χ1) is 8.99. The van der Waals surface area contributed by atoms with Gasteiger partial charge in [0.05, 0.1) is 22.0 Å². The molecule has 6 heteroatoms. The number of aromatic nitrogens is 2. The van der Waals surface area contributed by atoms with Crippen LogP contribution in [0.4, 0.5) is 0 Å². The lowest BCUT2D eigenvalue weighted by Gasteiger charge is -2.07. The first-order valence-electron chi connectivity index (χ1n) is 5.63. The topological polar surface area (TPSA) is 64.4 Å². The molecule has 0 spiro atoms. The van der Waals surface area contributed by atoms with Gasteiger partial charge in [0, 0.05) is 7.05 Å². The highest BCUT2D eigenvalue weighted by atomic mass is 35.5. The average molecular weight is 281 g/mol. The highest BCUT2D eigenvalue weighted by Crippen LogP contribution is 2.22. The van der Waals surface area contributed by atoms with Crippen molar-refractivity contribution >= 4 is 17.6 Å². The van der Waals surface area contributed by atoms with Gasteiger partial charge < -0.3 is 9.84 Å². The molecule has 0 fully saturated rings. The number of carbonyl (C=O) groups is 1. The van der Waals surface area contributed by atoms with Crippen molar-refractivity contribution in [3.8, 4) is 5.75 Å². The Balaban J connectivity index is 2.14. The van der Waals surface area contributed by atoms with Crippen molar-refractivity contribution < 1.29 is 14.6 Å². The summed E-state index contributed by atoms with van der Waals surface area (Å²) in [5.41, 5.74) is 1.67. The number of aryl methyl sites for hydroxylation is 2. The van der Waals surface area contributed by atoms with Gasteiger partial charge in [-0.05, 0) is 25.1 Å². The van der Waals surface area contributed by atoms with Gasteiger partial charge in [-0.2, -0.15) is 5.10 Å². The first-order valence-corrected chi connectivity index (χ1v) is 6.01. The van der Waals surface area contributed by atoms with E-state index in [1.165, 1.54) is 12.1 Å². The predicted molar refractivity (Wildman–Crippen MR) is 70.7 cm³/mol. The molecule has 5 nitrogen and oxygen atoms in total. The Hall–Kier alpha value is -2.01. The minimum absolute atomic E-state index is 0.185. The van der Waals surface area contributed by atoms with E-state index in [-0.39, 0.29) is 12.2 Å². The van der Waals surface area contributed by atoms with Crippen LogP contribution in [0.3, 0.4) is 0 Å². The van der Waals surface area contributed by atoms with Crippen LogP contribution in [0.5, 0.6) is 5.75 Å². The van der Waals surface area contributed by atoms with Crippen molar-refractivity contribution in [2.75, 3.05) is 0 Å². The second-order valence-electron chi connectivity index (χ2n) is 4.09. The van der Waals surface area contributed by atoms with Gasteiger partial charge in [-0.1, -0.05) is 17.7 Å². The number of carboxylic acids is 1. The number of rotatable bonds is 4. The maximum absolute atomic E-state index is 10.8. The van der Waals surface area contributed by atoms with Gasteiger partial charge in [-0.25, -0.2) is 4.79 Å². The molecule has 0 aliphatic carbocycles. The average Bonchev–Trinajstić information content (AvgIpc) is 2.61. The smallest absolute Gasteiger partial charge is 0.335 e. The molecular formula is C13H13ClN2O3. The molecule has 100 valence electrons. The monoisotopic (exact) mass is 280 g/mol. The summed E-state index contributed by atoms with van der Waals surface area (Å²) >= 11 is 6.10. The van der Waals surface area contributed by atoms with Crippen molar-refractivity contribution in [3.63, 3.8) is 0 Å². The highest BCUT2D eigenvalue weighted by Gasteiger charge is 2.12. The third kappa shape index (κ3) is 2.88. The summed E-state index contributed by atoms with van der Waals surface area (Å²) in [5, 5.41) is 13.6. The van der Waals surface area contributed by atoms with E-state index in [1.54, 1.807) is 23.9 Å². The van der Waals surface area contributed by atoms with E-state index in [1.807, 2.05) is 6.92 Å². The maximum Gasteiger partial charge on any atom is 0.335 e. The summed E-state index contributed by atoms with van der Waals surface area (Å²) in [4.78, 5) is 10.8. The van der Waals surface area contributed by atoms with Gasteiger partial charge in [0.15, 0.2) is 0 Å². The van der Waals surface area contributed by atoms with E-state index in [0.717, 1.165) is 11.4 Å². The van der Waals surface area contributed by atoms with E-state index in [9.17, 15) is 4.79 Å². The summed E-state index contributed by atoms with van der Waals surface area (Å²) in [6, 6.07) is 6.31. The largest absolute Gasteiger partial charge is 0.487 e. The zero-order chi connectivity index (χ0) is 14.0. The summed E-state index contributed by atoms with van der Waals surface area (Å²) in [7, 11) is 1.78. The Kier molecular flexibility index (Phi) is 3.76. The lowest BCUT2D eigenvalue weighted by molar-refractivity contribution is 0.0696. The Labute approximate surface area is 115 Å². The second kappa shape index (κ2) is 5.32. The molecule has 0 unspecified atom stereocenters. The SMILES string of the molecule is Cc1nn(C)c(COc2cccc(C(=O)O)c2)c1Cl. The predicted octanol–water partition coefficient (Wildman–Crippen LogP) is 2.66. The molecule has 0 aliphatic heterocycles. The zero-order valence-electron chi connectivity index (χ0n) is 10.6. The quantitative estimate of drug-likeness (QED) is 0.935. The minimum atomic E-state index is -0.986. The fraction of sp³-hybridized carbons (Fsp3) is 0.231. The molecule has 0 amide bonds. The van der Waals surface area contributed by atoms with Crippen molar-refractivity contribution in [3.05, 3.63) is 46.2 Å². The number of halogens is 1. The van der Waals surface area contributed by atoms with Crippen LogP contribution in [-0.2, 0) is 13.7 Å². The molecule has 0 saturated heterocycles. The summed E-state index contributed by atoms with van der Waals surface area (Å²) in [6.45, 7) is 2.05. The molecule has 0 atom stereocenters. The number of benzene rings is 1. The van der Waals surface area contributed by atoms with Crippen LogP contribution in [0.2, 0.25) is 5.02 Å². The Morgan fingerprint density at radius 1 is 1.53 bits per heavy atom. The van der Waals surface area contributed by atoms with Gasteiger partial charge in [-0.3, -0.25) is 4.68 Å². The third-order valence-electron chi connectivity index (χ3n) is 2.72. The molecule has 2 rings (SSSR count). The molecule has 1 heterocycles. The lowest BCUT2D eigenvalue weighted by atomic mass is 10.2. The van der Waals surface area contributed by atoms with E-state index in [4.69, 9.17) is 21.4 Å². The number of hydrogen-bond donors (Lipinski definition) is 1. The van der Waals surface area contributed by atoms with Crippen LogP contribution < -0.4 is 4.74 Å².